The van der Waals surface area contributed by atoms with Gasteiger partial charge < -0.3 is 4.74 Å². The first-order valence-electron chi connectivity index (χ1n) is 4.35. The van der Waals surface area contributed by atoms with Gasteiger partial charge in [0.1, 0.15) is 5.01 Å². The lowest BCUT2D eigenvalue weighted by molar-refractivity contribution is 0.218. The Bertz CT molecular complexity index is 273. The van der Waals surface area contributed by atoms with Gasteiger partial charge in [0.2, 0.25) is 0 Å². The third-order valence-electron chi connectivity index (χ3n) is 1.86. The molecule has 1 aromatic rings. The minimum absolute atomic E-state index is 0.731. The Labute approximate surface area is 85.9 Å². The third kappa shape index (κ3) is 2.65. The highest BCUT2D eigenvalue weighted by Gasteiger charge is 2.27. The molecule has 0 N–H and O–H groups in total. The van der Waals surface area contributed by atoms with E-state index < -0.39 is 0 Å². The maximum atomic E-state index is 4.97. The first-order chi connectivity index (χ1) is 6.40. The van der Waals surface area contributed by atoms with Gasteiger partial charge in [-0.1, -0.05) is 23.1 Å². The summed E-state index contributed by atoms with van der Waals surface area (Å²) in [5, 5.41) is 9.51. The van der Waals surface area contributed by atoms with Crippen LogP contribution >= 0.6 is 23.1 Å². The minimum Gasteiger partial charge on any atom is -0.384 e. The van der Waals surface area contributed by atoms with E-state index in [-0.39, 0.29) is 0 Å². The van der Waals surface area contributed by atoms with Crippen LogP contribution in [0.1, 0.15) is 23.8 Å². The number of ether oxygens (including phenoxy) is 1. The van der Waals surface area contributed by atoms with Gasteiger partial charge in [-0.3, -0.25) is 0 Å². The van der Waals surface area contributed by atoms with Gasteiger partial charge in [-0.25, -0.2) is 0 Å². The highest BCUT2D eigenvalue weighted by molar-refractivity contribution is 8.01. The number of aromatic nitrogens is 2. The van der Waals surface area contributed by atoms with Gasteiger partial charge in [-0.05, 0) is 12.8 Å². The zero-order valence-electron chi connectivity index (χ0n) is 7.52. The van der Waals surface area contributed by atoms with Crippen molar-refractivity contribution >= 4 is 23.1 Å². The Kier molecular flexibility index (Phi) is 3.18. The van der Waals surface area contributed by atoms with Gasteiger partial charge >= 0.3 is 0 Å². The fourth-order valence-electron chi connectivity index (χ4n) is 0.986. The predicted octanol–water partition coefficient (Wildman–Crippen LogP) is 2.15. The van der Waals surface area contributed by atoms with Crippen molar-refractivity contribution < 1.29 is 4.74 Å². The molecule has 0 spiro atoms. The normalized spacial score (nSPS) is 16.4. The van der Waals surface area contributed by atoms with Crippen molar-refractivity contribution in [2.24, 2.45) is 0 Å². The van der Waals surface area contributed by atoms with Crippen molar-refractivity contribution in [3.8, 4) is 0 Å². The predicted molar refractivity (Wildman–Crippen MR) is 54.5 cm³/mol. The molecule has 2 rings (SSSR count). The molecule has 72 valence electrons. The van der Waals surface area contributed by atoms with Crippen molar-refractivity contribution in [2.45, 2.75) is 23.1 Å². The lowest BCUT2D eigenvalue weighted by Crippen LogP contribution is -1.90. The molecule has 0 unspecified atom stereocenters. The second kappa shape index (κ2) is 4.39. The van der Waals surface area contributed by atoms with Crippen LogP contribution in [0.3, 0.4) is 0 Å². The number of nitrogens with zero attached hydrogens (tertiary/aromatic N) is 2. The first kappa shape index (κ1) is 9.43. The molecule has 1 fully saturated rings. The van der Waals surface area contributed by atoms with Gasteiger partial charge in [-0.2, -0.15) is 0 Å². The van der Waals surface area contributed by atoms with Gasteiger partial charge in [0.15, 0.2) is 4.34 Å². The Morgan fingerprint density at radius 2 is 2.38 bits per heavy atom. The van der Waals surface area contributed by atoms with Gasteiger partial charge in [0.25, 0.3) is 0 Å². The maximum absolute atomic E-state index is 4.97. The summed E-state index contributed by atoms with van der Waals surface area (Å²) in [6, 6.07) is 0. The largest absolute Gasteiger partial charge is 0.384 e. The monoisotopic (exact) mass is 216 g/mol. The van der Waals surface area contributed by atoms with Crippen LogP contribution in [-0.4, -0.2) is 29.7 Å². The van der Waals surface area contributed by atoms with E-state index in [2.05, 4.69) is 10.2 Å². The van der Waals surface area contributed by atoms with E-state index in [0.717, 1.165) is 22.6 Å². The highest BCUT2D eigenvalue weighted by Crippen LogP contribution is 2.42. The van der Waals surface area contributed by atoms with Gasteiger partial charge in [-0.15, -0.1) is 10.2 Å². The van der Waals surface area contributed by atoms with Crippen molar-refractivity contribution in [1.29, 1.82) is 0 Å². The van der Waals surface area contributed by atoms with E-state index in [4.69, 9.17) is 4.74 Å². The lowest BCUT2D eigenvalue weighted by Gasteiger charge is -1.93. The molecule has 0 atom stereocenters. The zero-order valence-corrected chi connectivity index (χ0v) is 9.16. The number of hydrogen-bond acceptors (Lipinski definition) is 5. The second-order valence-corrected chi connectivity index (χ2v) is 5.37. The molecule has 0 aromatic carbocycles. The van der Waals surface area contributed by atoms with Crippen LogP contribution in [0.15, 0.2) is 4.34 Å². The molecule has 1 heterocycles. The van der Waals surface area contributed by atoms with Crippen molar-refractivity contribution in [3.63, 3.8) is 0 Å². The van der Waals surface area contributed by atoms with E-state index in [0.29, 0.717) is 0 Å². The zero-order chi connectivity index (χ0) is 9.10. The van der Waals surface area contributed by atoms with Gasteiger partial charge in [0.05, 0.1) is 6.61 Å². The number of rotatable bonds is 5. The SMILES string of the molecule is COCCSc1nnc(C2CC2)s1. The number of hydrogen-bond donors (Lipinski definition) is 0. The molecule has 0 bridgehead atoms. The van der Waals surface area contributed by atoms with E-state index in [9.17, 15) is 0 Å². The molecule has 13 heavy (non-hydrogen) atoms. The summed E-state index contributed by atoms with van der Waals surface area (Å²) in [7, 11) is 1.72. The third-order valence-corrected chi connectivity index (χ3v) is 4.05. The average molecular weight is 216 g/mol. The molecule has 0 radical (unpaired) electrons. The van der Waals surface area contributed by atoms with Crippen molar-refractivity contribution in [3.05, 3.63) is 5.01 Å². The fourth-order valence-corrected chi connectivity index (χ4v) is 3.00. The fraction of sp³-hybridized carbons (Fsp3) is 0.750. The standard InChI is InChI=1S/C8H12N2OS2/c1-11-4-5-12-8-10-9-7(13-8)6-2-3-6/h6H,2-5H2,1H3. The van der Waals surface area contributed by atoms with E-state index in [1.54, 1.807) is 30.2 Å². The Hall–Kier alpha value is -0.130. The van der Waals surface area contributed by atoms with Crippen LogP contribution < -0.4 is 0 Å². The molecule has 0 aliphatic heterocycles. The minimum atomic E-state index is 0.731. The lowest BCUT2D eigenvalue weighted by atomic mass is 10.5. The van der Waals surface area contributed by atoms with Crippen LogP contribution in [0.5, 0.6) is 0 Å². The molecule has 3 nitrogen and oxygen atoms in total. The number of thioether (sulfide) groups is 1. The summed E-state index contributed by atoms with van der Waals surface area (Å²) in [5.41, 5.74) is 0. The smallest absolute Gasteiger partial charge is 0.174 e. The van der Waals surface area contributed by atoms with Crippen LogP contribution in [0.2, 0.25) is 0 Å². The number of methoxy groups -OCH3 is 1. The van der Waals surface area contributed by atoms with Gasteiger partial charge in [0, 0.05) is 18.8 Å². The Morgan fingerprint density at radius 1 is 1.54 bits per heavy atom. The van der Waals surface area contributed by atoms with Crippen LogP contribution in [-0.2, 0) is 4.74 Å². The van der Waals surface area contributed by atoms with E-state index in [1.807, 2.05) is 0 Å². The highest BCUT2D eigenvalue weighted by atomic mass is 32.2. The summed E-state index contributed by atoms with van der Waals surface area (Å²) in [5.74, 6) is 1.70. The second-order valence-electron chi connectivity index (χ2n) is 3.02. The Balaban J connectivity index is 1.82. The molecule has 1 saturated carbocycles. The average Bonchev–Trinajstić information content (AvgIpc) is 2.88. The molecular weight excluding hydrogens is 204 g/mol. The molecule has 1 aliphatic rings. The van der Waals surface area contributed by atoms with Crippen molar-refractivity contribution in [1.82, 2.24) is 10.2 Å². The van der Waals surface area contributed by atoms with Crippen LogP contribution in [0, 0.1) is 0 Å². The molecule has 1 aromatic heterocycles. The quantitative estimate of drug-likeness (QED) is 0.558. The Morgan fingerprint density at radius 3 is 3.08 bits per heavy atom. The molecule has 5 heteroatoms. The molecular formula is C8H12N2OS2. The topological polar surface area (TPSA) is 35.0 Å². The molecule has 0 saturated heterocycles. The summed E-state index contributed by atoms with van der Waals surface area (Å²) in [6.45, 7) is 0.781. The summed E-state index contributed by atoms with van der Waals surface area (Å²) < 4.78 is 6.05. The molecule has 1 aliphatic carbocycles. The summed E-state index contributed by atoms with van der Waals surface area (Å²) in [6.07, 6.45) is 2.61. The first-order valence-corrected chi connectivity index (χ1v) is 6.15. The van der Waals surface area contributed by atoms with E-state index >= 15 is 0 Å². The van der Waals surface area contributed by atoms with E-state index in [1.165, 1.54) is 17.8 Å². The van der Waals surface area contributed by atoms with Crippen molar-refractivity contribution in [2.75, 3.05) is 19.5 Å². The van der Waals surface area contributed by atoms with Crippen LogP contribution in [0.25, 0.3) is 0 Å². The molecule has 0 amide bonds. The summed E-state index contributed by atoms with van der Waals surface area (Å²) >= 11 is 3.47. The summed E-state index contributed by atoms with van der Waals surface area (Å²) in [4.78, 5) is 0. The van der Waals surface area contributed by atoms with Crippen LogP contribution in [0.4, 0.5) is 0 Å². The maximum Gasteiger partial charge on any atom is 0.174 e.